The van der Waals surface area contributed by atoms with Gasteiger partial charge in [-0.2, -0.15) is 0 Å². The van der Waals surface area contributed by atoms with Crippen LogP contribution in [0.4, 0.5) is 0 Å². The van der Waals surface area contributed by atoms with E-state index in [2.05, 4.69) is 22.0 Å². The third-order valence-corrected chi connectivity index (χ3v) is 4.23. The number of ether oxygens (including phenoxy) is 2. The smallest absolute Gasteiger partial charge is 0.157 e. The van der Waals surface area contributed by atoms with Crippen molar-refractivity contribution in [3.8, 4) is 0 Å². The SMILES string of the molecule is c1ccc([C@@H]2CCN(CCO[C@H]3CCCCO3)C2)nc1. The summed E-state index contributed by atoms with van der Waals surface area (Å²) in [5.74, 6) is 0.585. The number of aromatic nitrogens is 1. The van der Waals surface area contributed by atoms with Gasteiger partial charge in [-0.1, -0.05) is 6.07 Å². The summed E-state index contributed by atoms with van der Waals surface area (Å²) in [5, 5.41) is 0. The number of rotatable bonds is 5. The van der Waals surface area contributed by atoms with E-state index in [4.69, 9.17) is 9.47 Å². The van der Waals surface area contributed by atoms with Gasteiger partial charge < -0.3 is 14.4 Å². The van der Waals surface area contributed by atoms with E-state index in [1.54, 1.807) is 0 Å². The summed E-state index contributed by atoms with van der Waals surface area (Å²) >= 11 is 0. The molecule has 0 amide bonds. The molecule has 2 atom stereocenters. The third-order valence-electron chi connectivity index (χ3n) is 4.23. The van der Waals surface area contributed by atoms with Crippen LogP contribution in [-0.2, 0) is 9.47 Å². The molecule has 0 aromatic carbocycles. The first kappa shape index (κ1) is 14.0. The van der Waals surface area contributed by atoms with Crippen LogP contribution in [-0.4, -0.2) is 49.0 Å². The van der Waals surface area contributed by atoms with E-state index < -0.39 is 0 Å². The molecule has 0 spiro atoms. The van der Waals surface area contributed by atoms with Crippen molar-refractivity contribution < 1.29 is 9.47 Å². The molecule has 20 heavy (non-hydrogen) atoms. The molecule has 4 heteroatoms. The van der Waals surface area contributed by atoms with E-state index in [0.29, 0.717) is 5.92 Å². The minimum Gasteiger partial charge on any atom is -0.353 e. The number of nitrogens with zero attached hydrogens (tertiary/aromatic N) is 2. The third kappa shape index (κ3) is 3.78. The average Bonchev–Trinajstić information content (AvgIpc) is 2.98. The highest BCUT2D eigenvalue weighted by molar-refractivity contribution is 5.11. The van der Waals surface area contributed by atoms with E-state index in [0.717, 1.165) is 39.3 Å². The molecule has 0 unspecified atom stereocenters. The zero-order valence-corrected chi connectivity index (χ0v) is 12.0. The molecule has 0 N–H and O–H groups in total. The number of hydrogen-bond donors (Lipinski definition) is 0. The molecule has 2 aliphatic rings. The van der Waals surface area contributed by atoms with Crippen molar-refractivity contribution in [2.75, 3.05) is 32.8 Å². The minimum atomic E-state index is 0.0398. The zero-order chi connectivity index (χ0) is 13.6. The van der Waals surface area contributed by atoms with Crippen LogP contribution in [0.25, 0.3) is 0 Å². The standard InChI is InChI=1S/C16H24N2O2/c1-3-8-17-15(5-1)14-7-9-18(13-14)10-12-20-16-6-2-4-11-19-16/h1,3,5,8,14,16H,2,4,6-7,9-13H2/t14-,16+/m1/s1. The lowest BCUT2D eigenvalue weighted by atomic mass is 10.0. The van der Waals surface area contributed by atoms with Crippen LogP contribution in [0.15, 0.2) is 24.4 Å². The Bertz CT molecular complexity index is 393. The predicted molar refractivity (Wildman–Crippen MR) is 77.6 cm³/mol. The van der Waals surface area contributed by atoms with Crippen LogP contribution in [0.2, 0.25) is 0 Å². The van der Waals surface area contributed by atoms with Crippen LogP contribution in [0.5, 0.6) is 0 Å². The largest absolute Gasteiger partial charge is 0.353 e. The molecule has 0 saturated carbocycles. The molecule has 2 aliphatic heterocycles. The van der Waals surface area contributed by atoms with Crippen LogP contribution in [0.1, 0.15) is 37.3 Å². The number of hydrogen-bond acceptors (Lipinski definition) is 4. The Hall–Kier alpha value is -0.970. The van der Waals surface area contributed by atoms with Gasteiger partial charge in [-0.3, -0.25) is 4.98 Å². The summed E-state index contributed by atoms with van der Waals surface area (Å²) < 4.78 is 11.4. The van der Waals surface area contributed by atoms with Gasteiger partial charge in [0.1, 0.15) is 0 Å². The first-order chi connectivity index (χ1) is 9.92. The predicted octanol–water partition coefficient (Wildman–Crippen LogP) is 2.41. The maximum atomic E-state index is 5.81. The average molecular weight is 276 g/mol. The van der Waals surface area contributed by atoms with Gasteiger partial charge >= 0.3 is 0 Å². The van der Waals surface area contributed by atoms with Gasteiger partial charge in [0.15, 0.2) is 6.29 Å². The Morgan fingerprint density at radius 1 is 1.30 bits per heavy atom. The maximum absolute atomic E-state index is 5.81. The van der Waals surface area contributed by atoms with Crippen molar-refractivity contribution in [2.45, 2.75) is 37.9 Å². The molecule has 3 rings (SSSR count). The molecular formula is C16H24N2O2. The van der Waals surface area contributed by atoms with Crippen molar-refractivity contribution in [1.29, 1.82) is 0 Å². The zero-order valence-electron chi connectivity index (χ0n) is 12.0. The maximum Gasteiger partial charge on any atom is 0.157 e. The van der Waals surface area contributed by atoms with Gasteiger partial charge in [0, 0.05) is 37.5 Å². The van der Waals surface area contributed by atoms with E-state index in [9.17, 15) is 0 Å². The molecule has 0 radical (unpaired) electrons. The summed E-state index contributed by atoms with van der Waals surface area (Å²) in [6.07, 6.45) is 6.60. The summed E-state index contributed by atoms with van der Waals surface area (Å²) in [4.78, 5) is 6.95. The second kappa shape index (κ2) is 7.16. The van der Waals surface area contributed by atoms with Gasteiger partial charge in [-0.15, -0.1) is 0 Å². The van der Waals surface area contributed by atoms with E-state index in [1.165, 1.54) is 25.0 Å². The molecule has 4 nitrogen and oxygen atoms in total. The molecule has 1 aromatic rings. The molecule has 3 heterocycles. The summed E-state index contributed by atoms with van der Waals surface area (Å²) in [6, 6.07) is 6.20. The van der Waals surface area contributed by atoms with Crippen molar-refractivity contribution >= 4 is 0 Å². The van der Waals surface area contributed by atoms with E-state index >= 15 is 0 Å². The van der Waals surface area contributed by atoms with Gasteiger partial charge in [-0.05, 0) is 44.4 Å². The fourth-order valence-corrected chi connectivity index (χ4v) is 3.05. The quantitative estimate of drug-likeness (QED) is 0.827. The highest BCUT2D eigenvalue weighted by atomic mass is 16.7. The Labute approximate surface area is 121 Å². The second-order valence-electron chi connectivity index (χ2n) is 5.71. The lowest BCUT2D eigenvalue weighted by Gasteiger charge is -2.24. The van der Waals surface area contributed by atoms with Crippen molar-refractivity contribution in [2.24, 2.45) is 0 Å². The monoisotopic (exact) mass is 276 g/mol. The Kier molecular flexibility index (Phi) is 5.01. The molecule has 0 bridgehead atoms. The fourth-order valence-electron chi connectivity index (χ4n) is 3.05. The van der Waals surface area contributed by atoms with Crippen LogP contribution in [0, 0.1) is 0 Å². The fraction of sp³-hybridized carbons (Fsp3) is 0.688. The lowest BCUT2D eigenvalue weighted by molar-refractivity contribution is -0.163. The molecule has 110 valence electrons. The highest BCUT2D eigenvalue weighted by Gasteiger charge is 2.24. The first-order valence-electron chi connectivity index (χ1n) is 7.78. The van der Waals surface area contributed by atoms with Gasteiger partial charge in [0.2, 0.25) is 0 Å². The molecule has 0 aliphatic carbocycles. The second-order valence-corrected chi connectivity index (χ2v) is 5.71. The number of pyridine rings is 1. The molecule has 1 aromatic heterocycles. The Morgan fingerprint density at radius 3 is 3.10 bits per heavy atom. The van der Waals surface area contributed by atoms with Crippen LogP contribution < -0.4 is 0 Å². The van der Waals surface area contributed by atoms with Crippen LogP contribution >= 0.6 is 0 Å². The van der Waals surface area contributed by atoms with Crippen LogP contribution in [0.3, 0.4) is 0 Å². The van der Waals surface area contributed by atoms with Crippen molar-refractivity contribution in [1.82, 2.24) is 9.88 Å². The topological polar surface area (TPSA) is 34.6 Å². The van der Waals surface area contributed by atoms with Gasteiger partial charge in [0.05, 0.1) is 6.61 Å². The van der Waals surface area contributed by atoms with Crippen molar-refractivity contribution in [3.63, 3.8) is 0 Å². The van der Waals surface area contributed by atoms with Gasteiger partial charge in [-0.25, -0.2) is 0 Å². The summed E-state index contributed by atoms with van der Waals surface area (Å²) in [6.45, 7) is 4.89. The lowest BCUT2D eigenvalue weighted by Crippen LogP contribution is -2.29. The molecule has 2 fully saturated rings. The van der Waals surface area contributed by atoms with Crippen molar-refractivity contribution in [3.05, 3.63) is 30.1 Å². The highest BCUT2D eigenvalue weighted by Crippen LogP contribution is 2.25. The number of likely N-dealkylation sites (tertiary alicyclic amines) is 1. The first-order valence-corrected chi connectivity index (χ1v) is 7.78. The molecule has 2 saturated heterocycles. The Morgan fingerprint density at radius 2 is 2.30 bits per heavy atom. The summed E-state index contributed by atoms with van der Waals surface area (Å²) in [7, 11) is 0. The van der Waals surface area contributed by atoms with E-state index in [1.807, 2.05) is 12.3 Å². The Balaban J connectivity index is 1.37. The summed E-state index contributed by atoms with van der Waals surface area (Å²) in [5.41, 5.74) is 1.23. The molecular weight excluding hydrogens is 252 g/mol. The van der Waals surface area contributed by atoms with Gasteiger partial charge in [0.25, 0.3) is 0 Å². The van der Waals surface area contributed by atoms with E-state index in [-0.39, 0.29) is 6.29 Å². The minimum absolute atomic E-state index is 0.0398. The normalized spacial score (nSPS) is 27.8.